The van der Waals surface area contributed by atoms with E-state index in [1.54, 1.807) is 18.2 Å². The molecule has 6 N–H and O–H groups in total. The number of hydrogen-bond acceptors (Lipinski definition) is 6. The lowest BCUT2D eigenvalue weighted by Gasteiger charge is -2.19. The van der Waals surface area contributed by atoms with Crippen molar-refractivity contribution in [2.45, 2.75) is 19.4 Å². The Morgan fingerprint density at radius 3 is 2.27 bits per heavy atom. The van der Waals surface area contributed by atoms with Gasteiger partial charge in [0.2, 0.25) is 0 Å². The first-order valence-electron chi connectivity index (χ1n) is 7.68. The second-order valence-electron chi connectivity index (χ2n) is 5.55. The molecule has 2 aromatic carbocycles. The van der Waals surface area contributed by atoms with Gasteiger partial charge in [-0.15, -0.1) is 0 Å². The fraction of sp³-hybridized carbons (Fsp3) is 0.167. The van der Waals surface area contributed by atoms with Crippen LogP contribution in [0, 0.1) is 0 Å². The van der Waals surface area contributed by atoms with E-state index in [9.17, 15) is 25.5 Å². The van der Waals surface area contributed by atoms with Gasteiger partial charge in [-0.05, 0) is 63.8 Å². The molecule has 26 heavy (non-hydrogen) atoms. The van der Waals surface area contributed by atoms with Crippen LogP contribution in [0.3, 0.4) is 0 Å². The number of thiocarbonyl (C=S) groups is 1. The molecule has 1 atom stereocenters. The average Bonchev–Trinajstić information content (AvgIpc) is 2.61. The molecule has 0 saturated heterocycles. The van der Waals surface area contributed by atoms with Crippen LogP contribution in [0.4, 0.5) is 0 Å². The van der Waals surface area contributed by atoms with E-state index in [0.29, 0.717) is 27.0 Å². The minimum Gasteiger partial charge on any atom is -0.504 e. The van der Waals surface area contributed by atoms with E-state index in [-0.39, 0.29) is 17.5 Å². The van der Waals surface area contributed by atoms with Crippen molar-refractivity contribution in [1.82, 2.24) is 5.32 Å². The molecule has 0 radical (unpaired) electrons. The van der Waals surface area contributed by atoms with Gasteiger partial charge in [-0.2, -0.15) is 0 Å². The fourth-order valence-corrected chi connectivity index (χ4v) is 3.01. The van der Waals surface area contributed by atoms with Gasteiger partial charge in [0.25, 0.3) is 0 Å². The monoisotopic (exact) mass is 439 g/mol. The van der Waals surface area contributed by atoms with Crippen molar-refractivity contribution in [3.63, 3.8) is 0 Å². The molecule has 0 saturated carbocycles. The van der Waals surface area contributed by atoms with Crippen LogP contribution in [-0.2, 0) is 0 Å². The molecular formula is C18H18BrNO5S. The summed E-state index contributed by atoms with van der Waals surface area (Å²) in [4.78, 5) is 0.392. The van der Waals surface area contributed by atoms with Crippen LogP contribution in [-0.4, -0.2) is 30.5 Å². The summed E-state index contributed by atoms with van der Waals surface area (Å²) in [5.74, 6) is -1.88. The molecule has 0 bridgehead atoms. The Bertz CT molecular complexity index is 846. The second-order valence-corrected chi connectivity index (χ2v) is 6.78. The average molecular weight is 440 g/mol. The molecule has 2 rings (SSSR count). The lowest BCUT2D eigenvalue weighted by atomic mass is 10.0. The van der Waals surface area contributed by atoms with Crippen LogP contribution >= 0.6 is 28.1 Å². The smallest absolute Gasteiger partial charge is 0.200 e. The maximum atomic E-state index is 9.71. The number of rotatable bonds is 5. The zero-order valence-corrected chi connectivity index (χ0v) is 16.2. The number of aromatic hydroxyl groups is 5. The highest BCUT2D eigenvalue weighted by atomic mass is 79.9. The minimum absolute atomic E-state index is 0.229. The largest absolute Gasteiger partial charge is 0.504 e. The maximum absolute atomic E-state index is 9.71. The molecule has 0 fully saturated rings. The van der Waals surface area contributed by atoms with Crippen molar-refractivity contribution < 1.29 is 25.5 Å². The van der Waals surface area contributed by atoms with Gasteiger partial charge in [0.05, 0.1) is 15.5 Å². The first-order chi connectivity index (χ1) is 12.2. The summed E-state index contributed by atoms with van der Waals surface area (Å²) in [6.45, 7) is 1.90. The Labute approximate surface area is 164 Å². The Kier molecular flexibility index (Phi) is 6.33. The Morgan fingerprint density at radius 1 is 1.08 bits per heavy atom. The summed E-state index contributed by atoms with van der Waals surface area (Å²) in [6.07, 6.45) is 3.90. The van der Waals surface area contributed by atoms with Crippen molar-refractivity contribution in [2.75, 3.05) is 0 Å². The molecule has 0 aliphatic heterocycles. The van der Waals surface area contributed by atoms with Gasteiger partial charge in [0, 0.05) is 0 Å². The van der Waals surface area contributed by atoms with E-state index in [1.165, 1.54) is 18.2 Å². The van der Waals surface area contributed by atoms with E-state index in [2.05, 4.69) is 21.2 Å². The van der Waals surface area contributed by atoms with Crippen LogP contribution in [0.15, 0.2) is 34.8 Å². The predicted molar refractivity (Wildman–Crippen MR) is 107 cm³/mol. The highest BCUT2D eigenvalue weighted by Crippen LogP contribution is 2.38. The SMILES string of the molecule is CCC(NC(=S)C=Cc1ccc(O)c(O)c1Br)c1cc(O)c(O)c(O)c1. The minimum atomic E-state index is -0.567. The number of phenolic OH excluding ortho intramolecular Hbond substituents is 5. The molecule has 6 nitrogen and oxygen atoms in total. The second kappa shape index (κ2) is 8.29. The first-order valence-corrected chi connectivity index (χ1v) is 8.88. The van der Waals surface area contributed by atoms with Gasteiger partial charge in [-0.3, -0.25) is 0 Å². The summed E-state index contributed by atoms with van der Waals surface area (Å²) in [5.41, 5.74) is 1.19. The molecule has 0 spiro atoms. The molecule has 0 heterocycles. The highest BCUT2D eigenvalue weighted by molar-refractivity contribution is 9.10. The van der Waals surface area contributed by atoms with E-state index in [1.807, 2.05) is 6.92 Å². The normalized spacial score (nSPS) is 12.2. The number of nitrogens with one attached hydrogen (secondary N) is 1. The van der Waals surface area contributed by atoms with Gasteiger partial charge < -0.3 is 30.8 Å². The lowest BCUT2D eigenvalue weighted by molar-refractivity contribution is 0.366. The van der Waals surface area contributed by atoms with E-state index in [4.69, 9.17) is 12.2 Å². The van der Waals surface area contributed by atoms with Gasteiger partial charge >= 0.3 is 0 Å². The van der Waals surface area contributed by atoms with Crippen molar-refractivity contribution in [2.24, 2.45) is 0 Å². The standard InChI is InChI=1S/C18H18BrNO5S/c1-2-11(10-7-13(22)17(24)14(23)8-10)20-15(26)6-4-9-3-5-12(21)18(25)16(9)19/h3-8,11,21-25H,2H2,1H3,(H,20,26). The molecule has 0 aliphatic rings. The third-order valence-corrected chi connectivity index (χ3v) is 4.85. The van der Waals surface area contributed by atoms with E-state index >= 15 is 0 Å². The molecule has 138 valence electrons. The molecule has 0 amide bonds. The van der Waals surface area contributed by atoms with Crippen LogP contribution < -0.4 is 5.32 Å². The molecule has 2 aromatic rings. The lowest BCUT2D eigenvalue weighted by Crippen LogP contribution is -2.25. The zero-order valence-electron chi connectivity index (χ0n) is 13.8. The van der Waals surface area contributed by atoms with Crippen molar-refractivity contribution >= 4 is 39.2 Å². The van der Waals surface area contributed by atoms with Crippen LogP contribution in [0.25, 0.3) is 6.08 Å². The highest BCUT2D eigenvalue weighted by Gasteiger charge is 2.15. The number of phenols is 5. The maximum Gasteiger partial charge on any atom is 0.200 e. The summed E-state index contributed by atoms with van der Waals surface area (Å²) in [5, 5.41) is 51.0. The molecule has 0 aliphatic carbocycles. The molecular weight excluding hydrogens is 422 g/mol. The number of halogens is 1. The van der Waals surface area contributed by atoms with Crippen molar-refractivity contribution in [1.29, 1.82) is 0 Å². The van der Waals surface area contributed by atoms with Crippen LogP contribution in [0.1, 0.15) is 30.5 Å². The van der Waals surface area contributed by atoms with Gasteiger partial charge in [0.15, 0.2) is 28.7 Å². The summed E-state index contributed by atoms with van der Waals surface area (Å²) in [6, 6.07) is 5.41. The summed E-state index contributed by atoms with van der Waals surface area (Å²) >= 11 is 8.49. The van der Waals surface area contributed by atoms with Gasteiger partial charge in [0.1, 0.15) is 0 Å². The molecule has 0 aromatic heterocycles. The Balaban J connectivity index is 2.16. The van der Waals surface area contributed by atoms with E-state index < -0.39 is 17.2 Å². The topological polar surface area (TPSA) is 113 Å². The fourth-order valence-electron chi connectivity index (χ4n) is 2.33. The Morgan fingerprint density at radius 2 is 1.69 bits per heavy atom. The number of benzene rings is 2. The van der Waals surface area contributed by atoms with Crippen molar-refractivity contribution in [3.05, 3.63) is 45.9 Å². The summed E-state index contributed by atoms with van der Waals surface area (Å²) in [7, 11) is 0. The van der Waals surface area contributed by atoms with Crippen LogP contribution in [0.2, 0.25) is 0 Å². The van der Waals surface area contributed by atoms with Crippen LogP contribution in [0.5, 0.6) is 28.7 Å². The van der Waals surface area contributed by atoms with E-state index in [0.717, 1.165) is 0 Å². The third kappa shape index (κ3) is 4.39. The molecule has 1 unspecified atom stereocenters. The zero-order chi connectivity index (χ0) is 19.4. The summed E-state index contributed by atoms with van der Waals surface area (Å²) < 4.78 is 0.344. The van der Waals surface area contributed by atoms with Crippen molar-refractivity contribution in [3.8, 4) is 28.7 Å². The predicted octanol–water partition coefficient (Wildman–Crippen LogP) is 4.06. The van der Waals surface area contributed by atoms with Gasteiger partial charge in [-0.25, -0.2) is 0 Å². The quantitative estimate of drug-likeness (QED) is 0.236. The Hall–Kier alpha value is -2.45. The first kappa shape index (κ1) is 19.9. The molecule has 8 heteroatoms. The van der Waals surface area contributed by atoms with Gasteiger partial charge in [-0.1, -0.05) is 25.2 Å². The third-order valence-electron chi connectivity index (χ3n) is 3.76. The number of hydrogen-bond donors (Lipinski definition) is 6.